The summed E-state index contributed by atoms with van der Waals surface area (Å²) < 4.78 is 2.38. The molecule has 0 aliphatic rings. The molecule has 1 heterocycles. The predicted molar refractivity (Wildman–Crippen MR) is 229 cm³/mol. The van der Waals surface area contributed by atoms with Gasteiger partial charge in [0.25, 0.3) is 0 Å². The number of hydrogen-bond acceptors (Lipinski definition) is 1. The maximum atomic E-state index is 2.44. The highest BCUT2D eigenvalue weighted by atomic mass is 15.1. The maximum absolute atomic E-state index is 2.44. The molecule has 0 saturated heterocycles. The van der Waals surface area contributed by atoms with Gasteiger partial charge in [-0.25, -0.2) is 0 Å². The van der Waals surface area contributed by atoms with Crippen molar-refractivity contribution >= 4 is 49.6 Å². The summed E-state index contributed by atoms with van der Waals surface area (Å²) in [5.74, 6) is 0. The Morgan fingerprint density at radius 3 is 1.61 bits per heavy atom. The zero-order valence-corrected chi connectivity index (χ0v) is 29.7. The van der Waals surface area contributed by atoms with Crippen LogP contribution in [-0.2, 0) is 0 Å². The monoisotopic (exact) mass is 688 g/mol. The maximum Gasteiger partial charge on any atom is 0.0542 e. The van der Waals surface area contributed by atoms with Crippen LogP contribution in [0.4, 0.5) is 17.1 Å². The Labute approximate surface area is 315 Å². The largest absolute Gasteiger partial charge is 0.310 e. The molecule has 0 fully saturated rings. The number of nitrogens with zero attached hydrogens (tertiary/aromatic N) is 2. The first kappa shape index (κ1) is 31.6. The number of hydrogen-bond donors (Lipinski definition) is 0. The molecule has 2 nitrogen and oxygen atoms in total. The first-order valence-corrected chi connectivity index (χ1v) is 18.5. The van der Waals surface area contributed by atoms with E-state index in [9.17, 15) is 0 Å². The van der Waals surface area contributed by atoms with Crippen molar-refractivity contribution in [3.8, 4) is 39.1 Å². The predicted octanol–water partition coefficient (Wildman–Crippen LogP) is 14.4. The highest BCUT2D eigenvalue weighted by molar-refractivity contribution is 6.11. The molecule has 0 spiro atoms. The van der Waals surface area contributed by atoms with E-state index in [1.165, 1.54) is 60.4 Å². The molecule has 0 aliphatic heterocycles. The van der Waals surface area contributed by atoms with Gasteiger partial charge in [0.05, 0.1) is 16.7 Å². The molecule has 0 atom stereocenters. The van der Waals surface area contributed by atoms with Crippen molar-refractivity contribution in [1.29, 1.82) is 0 Å². The molecule has 10 rings (SSSR count). The average molecular weight is 689 g/mol. The smallest absolute Gasteiger partial charge is 0.0542 e. The van der Waals surface area contributed by atoms with Gasteiger partial charge in [0.2, 0.25) is 0 Å². The van der Waals surface area contributed by atoms with Gasteiger partial charge in [0.15, 0.2) is 0 Å². The lowest BCUT2D eigenvalue weighted by atomic mass is 9.88. The number of para-hydroxylation sites is 3. The van der Waals surface area contributed by atoms with Gasteiger partial charge in [0, 0.05) is 33.4 Å². The summed E-state index contributed by atoms with van der Waals surface area (Å²) >= 11 is 0. The third kappa shape index (κ3) is 5.44. The summed E-state index contributed by atoms with van der Waals surface area (Å²) in [5, 5.41) is 4.87. The summed E-state index contributed by atoms with van der Waals surface area (Å²) in [7, 11) is 0. The number of aromatic nitrogens is 1. The standard InChI is InChI=1S/C52H36N2/c1-3-18-38(19-4-1)43-23-9-10-24-44(43)45-25-11-12-26-46(45)47-27-13-15-29-50(47)53(41-32-31-37-17-7-8-20-39(37)35-41)42-33-34-52-49(36-42)48-28-14-16-30-51(48)54(52)40-21-5-2-6-22-40/h1-36H. The lowest BCUT2D eigenvalue weighted by Crippen LogP contribution is -2.11. The van der Waals surface area contributed by atoms with E-state index >= 15 is 0 Å². The van der Waals surface area contributed by atoms with Gasteiger partial charge < -0.3 is 9.47 Å². The third-order valence-electron chi connectivity index (χ3n) is 10.6. The summed E-state index contributed by atoms with van der Waals surface area (Å²) in [6.07, 6.45) is 0. The molecule has 2 heteroatoms. The summed E-state index contributed by atoms with van der Waals surface area (Å²) in [6, 6.07) is 79.0. The fourth-order valence-corrected chi connectivity index (χ4v) is 8.13. The summed E-state index contributed by atoms with van der Waals surface area (Å²) in [5.41, 5.74) is 14.0. The SMILES string of the molecule is c1ccc(-c2ccccc2-c2ccccc2-c2ccccc2N(c2ccc3ccccc3c2)c2ccc3c(c2)c2ccccc2n3-c2ccccc2)cc1. The van der Waals surface area contributed by atoms with E-state index in [1.807, 2.05) is 0 Å². The van der Waals surface area contributed by atoms with Crippen LogP contribution >= 0.6 is 0 Å². The van der Waals surface area contributed by atoms with E-state index in [0.717, 1.165) is 28.3 Å². The Morgan fingerprint density at radius 2 is 0.833 bits per heavy atom. The van der Waals surface area contributed by atoms with Crippen molar-refractivity contribution in [2.75, 3.05) is 4.90 Å². The van der Waals surface area contributed by atoms with Gasteiger partial charge in [-0.2, -0.15) is 0 Å². The van der Waals surface area contributed by atoms with E-state index in [0.29, 0.717) is 0 Å². The fraction of sp³-hybridized carbons (Fsp3) is 0. The molecule has 0 unspecified atom stereocenters. The van der Waals surface area contributed by atoms with Crippen molar-refractivity contribution in [1.82, 2.24) is 4.57 Å². The average Bonchev–Trinajstić information content (AvgIpc) is 3.58. The second-order valence-electron chi connectivity index (χ2n) is 13.7. The van der Waals surface area contributed by atoms with E-state index in [2.05, 4.69) is 228 Å². The zero-order chi connectivity index (χ0) is 35.8. The molecule has 0 N–H and O–H groups in total. The molecule has 1 aromatic heterocycles. The molecular formula is C52H36N2. The molecule has 0 aliphatic carbocycles. The molecule has 254 valence electrons. The molecular weight excluding hydrogens is 653 g/mol. The minimum absolute atomic E-state index is 1.10. The van der Waals surface area contributed by atoms with E-state index < -0.39 is 0 Å². The highest BCUT2D eigenvalue weighted by Crippen LogP contribution is 2.46. The zero-order valence-electron chi connectivity index (χ0n) is 29.7. The van der Waals surface area contributed by atoms with Crippen LogP contribution in [0.25, 0.3) is 71.6 Å². The van der Waals surface area contributed by atoms with Gasteiger partial charge in [-0.15, -0.1) is 0 Å². The van der Waals surface area contributed by atoms with Gasteiger partial charge in [0.1, 0.15) is 0 Å². The Balaban J connectivity index is 1.22. The van der Waals surface area contributed by atoms with E-state index in [1.54, 1.807) is 0 Å². The van der Waals surface area contributed by atoms with Crippen molar-refractivity contribution in [3.63, 3.8) is 0 Å². The number of rotatable bonds is 7. The molecule has 54 heavy (non-hydrogen) atoms. The Morgan fingerprint density at radius 1 is 0.315 bits per heavy atom. The lowest BCUT2D eigenvalue weighted by Gasteiger charge is -2.29. The third-order valence-corrected chi connectivity index (χ3v) is 10.6. The van der Waals surface area contributed by atoms with E-state index in [4.69, 9.17) is 0 Å². The van der Waals surface area contributed by atoms with Crippen molar-refractivity contribution in [2.45, 2.75) is 0 Å². The fourth-order valence-electron chi connectivity index (χ4n) is 8.13. The highest BCUT2D eigenvalue weighted by Gasteiger charge is 2.22. The van der Waals surface area contributed by atoms with Crippen LogP contribution in [0, 0.1) is 0 Å². The van der Waals surface area contributed by atoms with Gasteiger partial charge >= 0.3 is 0 Å². The van der Waals surface area contributed by atoms with Gasteiger partial charge in [-0.3, -0.25) is 0 Å². The normalized spacial score (nSPS) is 11.3. The topological polar surface area (TPSA) is 8.17 Å². The van der Waals surface area contributed by atoms with Crippen LogP contribution in [-0.4, -0.2) is 4.57 Å². The van der Waals surface area contributed by atoms with Crippen LogP contribution in [0.15, 0.2) is 218 Å². The second-order valence-corrected chi connectivity index (χ2v) is 13.7. The first-order valence-electron chi connectivity index (χ1n) is 18.5. The summed E-state index contributed by atoms with van der Waals surface area (Å²) in [6.45, 7) is 0. The van der Waals surface area contributed by atoms with Gasteiger partial charge in [-0.05, 0) is 93.2 Å². The van der Waals surface area contributed by atoms with Crippen LogP contribution in [0.1, 0.15) is 0 Å². The number of anilines is 3. The minimum Gasteiger partial charge on any atom is -0.310 e. The lowest BCUT2D eigenvalue weighted by molar-refractivity contribution is 1.18. The minimum atomic E-state index is 1.10. The Bertz CT molecular complexity index is 2940. The van der Waals surface area contributed by atoms with Crippen LogP contribution in [0.5, 0.6) is 0 Å². The first-order chi connectivity index (χ1) is 26.8. The summed E-state index contributed by atoms with van der Waals surface area (Å²) in [4.78, 5) is 2.44. The van der Waals surface area contributed by atoms with E-state index in [-0.39, 0.29) is 0 Å². The van der Waals surface area contributed by atoms with Crippen molar-refractivity contribution in [3.05, 3.63) is 218 Å². The van der Waals surface area contributed by atoms with Crippen LogP contribution in [0.2, 0.25) is 0 Å². The number of fused-ring (bicyclic) bond motifs is 4. The molecule has 0 bridgehead atoms. The molecule has 0 saturated carbocycles. The quantitative estimate of drug-likeness (QED) is 0.162. The van der Waals surface area contributed by atoms with Crippen LogP contribution < -0.4 is 4.90 Å². The van der Waals surface area contributed by atoms with Crippen LogP contribution in [0.3, 0.4) is 0 Å². The van der Waals surface area contributed by atoms with Crippen molar-refractivity contribution < 1.29 is 0 Å². The molecule has 9 aromatic carbocycles. The molecule has 10 aromatic rings. The molecule has 0 amide bonds. The second kappa shape index (κ2) is 13.4. The Hall–Kier alpha value is -7.16. The Kier molecular flexibility index (Phi) is 7.85. The van der Waals surface area contributed by atoms with Crippen molar-refractivity contribution in [2.24, 2.45) is 0 Å². The van der Waals surface area contributed by atoms with Gasteiger partial charge in [-0.1, -0.05) is 164 Å². The number of benzene rings is 9. The molecule has 0 radical (unpaired) electrons.